The first-order valence-electron chi connectivity index (χ1n) is 7.67. The highest BCUT2D eigenvalue weighted by Gasteiger charge is 2.32. The van der Waals surface area contributed by atoms with Gasteiger partial charge in [-0.3, -0.25) is 4.79 Å². The van der Waals surface area contributed by atoms with Gasteiger partial charge in [0.2, 0.25) is 0 Å². The molecule has 4 heteroatoms. The van der Waals surface area contributed by atoms with Crippen molar-refractivity contribution in [1.82, 2.24) is 0 Å². The first-order chi connectivity index (χ1) is 9.84. The minimum atomic E-state index is -0.420. The Labute approximate surface area is 127 Å². The van der Waals surface area contributed by atoms with Crippen molar-refractivity contribution in [2.24, 2.45) is 5.73 Å². The summed E-state index contributed by atoms with van der Waals surface area (Å²) in [7, 11) is 0. The van der Waals surface area contributed by atoms with E-state index in [1.54, 1.807) is 6.92 Å². The zero-order valence-electron chi connectivity index (χ0n) is 13.5. The number of hydrogen-bond acceptors (Lipinski definition) is 3. The van der Waals surface area contributed by atoms with Gasteiger partial charge in [0.1, 0.15) is 5.75 Å². The monoisotopic (exact) mass is 290 g/mol. The summed E-state index contributed by atoms with van der Waals surface area (Å²) in [5.74, 6) is 0.827. The van der Waals surface area contributed by atoms with Crippen molar-refractivity contribution in [3.8, 4) is 5.75 Å². The molecule has 0 fully saturated rings. The van der Waals surface area contributed by atoms with Gasteiger partial charge in [-0.05, 0) is 49.4 Å². The van der Waals surface area contributed by atoms with Crippen molar-refractivity contribution in [3.63, 3.8) is 0 Å². The molecule has 0 spiro atoms. The van der Waals surface area contributed by atoms with E-state index in [1.807, 2.05) is 11.0 Å². The Kier molecular flexibility index (Phi) is 4.57. The molecule has 1 aromatic carbocycles. The van der Waals surface area contributed by atoms with Gasteiger partial charge in [0.05, 0.1) is 5.69 Å². The molecule has 2 N–H and O–H groups in total. The minimum absolute atomic E-state index is 0.0329. The highest BCUT2D eigenvalue weighted by Crippen LogP contribution is 2.37. The molecule has 2 rings (SSSR count). The molecule has 0 bridgehead atoms. The van der Waals surface area contributed by atoms with Gasteiger partial charge in [-0.2, -0.15) is 0 Å². The van der Waals surface area contributed by atoms with Crippen LogP contribution in [-0.2, 0) is 10.2 Å². The molecule has 1 aromatic rings. The Morgan fingerprint density at radius 1 is 1.29 bits per heavy atom. The molecule has 0 aromatic heterocycles. The number of unbranched alkanes of at least 4 members (excludes halogenated alkanes) is 1. The number of nitrogens with zero attached hydrogens (tertiary/aromatic N) is 1. The zero-order valence-corrected chi connectivity index (χ0v) is 13.5. The molecule has 1 unspecified atom stereocenters. The maximum absolute atomic E-state index is 12.4. The van der Waals surface area contributed by atoms with Crippen LogP contribution in [0.2, 0.25) is 0 Å². The lowest BCUT2D eigenvalue weighted by Gasteiger charge is -2.34. The van der Waals surface area contributed by atoms with E-state index in [0.29, 0.717) is 13.1 Å². The number of benzene rings is 1. The molecule has 0 saturated heterocycles. The summed E-state index contributed by atoms with van der Waals surface area (Å²) in [6.45, 7) is 9.66. The highest BCUT2D eigenvalue weighted by atomic mass is 16.5. The van der Waals surface area contributed by atoms with Crippen LogP contribution >= 0.6 is 0 Å². The second kappa shape index (κ2) is 6.06. The van der Waals surface area contributed by atoms with Crippen molar-refractivity contribution in [2.75, 3.05) is 18.0 Å². The van der Waals surface area contributed by atoms with E-state index >= 15 is 0 Å². The topological polar surface area (TPSA) is 55.6 Å². The number of amides is 1. The van der Waals surface area contributed by atoms with Gasteiger partial charge in [-0.1, -0.05) is 26.8 Å². The molecule has 1 atom stereocenters. The van der Waals surface area contributed by atoms with Crippen LogP contribution in [0.4, 0.5) is 5.69 Å². The van der Waals surface area contributed by atoms with Crippen LogP contribution in [0.1, 0.15) is 46.1 Å². The molecule has 1 aliphatic rings. The normalized spacial score (nSPS) is 18.4. The Bertz CT molecular complexity index is 520. The minimum Gasteiger partial charge on any atom is -0.479 e. The third kappa shape index (κ3) is 3.38. The maximum Gasteiger partial charge on any atom is 0.267 e. The summed E-state index contributed by atoms with van der Waals surface area (Å²) in [6.07, 6.45) is 1.41. The number of carbonyl (C=O) groups excluding carboxylic acids is 1. The fraction of sp³-hybridized carbons (Fsp3) is 0.588. The average Bonchev–Trinajstić information content (AvgIpc) is 2.41. The van der Waals surface area contributed by atoms with Crippen molar-refractivity contribution >= 4 is 11.6 Å². The summed E-state index contributed by atoms with van der Waals surface area (Å²) in [5.41, 5.74) is 7.70. The predicted octanol–water partition coefficient (Wildman–Crippen LogP) is 2.84. The molecule has 1 heterocycles. The smallest absolute Gasteiger partial charge is 0.267 e. The number of ether oxygens (including phenoxy) is 1. The highest BCUT2D eigenvalue weighted by molar-refractivity contribution is 5.99. The maximum atomic E-state index is 12.4. The Morgan fingerprint density at radius 3 is 2.62 bits per heavy atom. The number of carbonyl (C=O) groups is 1. The van der Waals surface area contributed by atoms with Crippen LogP contribution < -0.4 is 15.4 Å². The van der Waals surface area contributed by atoms with Crippen LogP contribution in [0, 0.1) is 0 Å². The molecular weight excluding hydrogens is 264 g/mol. The first-order valence-corrected chi connectivity index (χ1v) is 7.67. The van der Waals surface area contributed by atoms with E-state index < -0.39 is 6.10 Å². The average molecular weight is 290 g/mol. The number of anilines is 1. The lowest BCUT2D eigenvalue weighted by Crippen LogP contribution is -2.45. The fourth-order valence-corrected chi connectivity index (χ4v) is 2.52. The Balaban J connectivity index is 2.35. The van der Waals surface area contributed by atoms with E-state index in [9.17, 15) is 4.79 Å². The van der Waals surface area contributed by atoms with Crippen LogP contribution in [0.15, 0.2) is 18.2 Å². The standard InChI is InChI=1S/C17H26N2O2/c1-12-16(20)19(10-6-5-9-18)14-11-13(17(2,3)4)7-8-15(14)21-12/h7-8,11-12H,5-6,9-10,18H2,1-4H3. The lowest BCUT2D eigenvalue weighted by molar-refractivity contribution is -0.125. The van der Waals surface area contributed by atoms with Crippen molar-refractivity contribution in [3.05, 3.63) is 23.8 Å². The van der Waals surface area contributed by atoms with Gasteiger partial charge < -0.3 is 15.4 Å². The molecule has 116 valence electrons. The number of rotatable bonds is 4. The molecule has 4 nitrogen and oxygen atoms in total. The van der Waals surface area contributed by atoms with Crippen LogP contribution in [-0.4, -0.2) is 25.1 Å². The second-order valence-corrected chi connectivity index (χ2v) is 6.68. The SMILES string of the molecule is CC1Oc2ccc(C(C)(C)C)cc2N(CCCCN)C1=O. The van der Waals surface area contributed by atoms with Crippen LogP contribution in [0.3, 0.4) is 0 Å². The summed E-state index contributed by atoms with van der Waals surface area (Å²) < 4.78 is 5.73. The van der Waals surface area contributed by atoms with Gasteiger partial charge in [0.25, 0.3) is 5.91 Å². The third-order valence-electron chi connectivity index (χ3n) is 3.87. The summed E-state index contributed by atoms with van der Waals surface area (Å²) in [6, 6.07) is 6.15. The van der Waals surface area contributed by atoms with Gasteiger partial charge in [0, 0.05) is 6.54 Å². The molecular formula is C17H26N2O2. The largest absolute Gasteiger partial charge is 0.479 e. The first kappa shape index (κ1) is 15.8. The molecule has 21 heavy (non-hydrogen) atoms. The fourth-order valence-electron chi connectivity index (χ4n) is 2.52. The molecule has 1 aliphatic heterocycles. The van der Waals surface area contributed by atoms with Crippen molar-refractivity contribution in [2.45, 2.75) is 52.1 Å². The van der Waals surface area contributed by atoms with Gasteiger partial charge >= 0.3 is 0 Å². The summed E-state index contributed by atoms with van der Waals surface area (Å²) >= 11 is 0. The number of nitrogens with two attached hydrogens (primary N) is 1. The summed E-state index contributed by atoms with van der Waals surface area (Å²) in [4.78, 5) is 14.3. The van der Waals surface area contributed by atoms with Crippen molar-refractivity contribution < 1.29 is 9.53 Å². The quantitative estimate of drug-likeness (QED) is 0.868. The van der Waals surface area contributed by atoms with Gasteiger partial charge in [-0.15, -0.1) is 0 Å². The lowest BCUT2D eigenvalue weighted by atomic mass is 9.86. The zero-order chi connectivity index (χ0) is 15.6. The van der Waals surface area contributed by atoms with E-state index in [1.165, 1.54) is 5.56 Å². The molecule has 0 radical (unpaired) electrons. The van der Waals surface area contributed by atoms with Gasteiger partial charge in [0.15, 0.2) is 6.10 Å². The third-order valence-corrected chi connectivity index (χ3v) is 3.87. The van der Waals surface area contributed by atoms with Gasteiger partial charge in [-0.25, -0.2) is 0 Å². The summed E-state index contributed by atoms with van der Waals surface area (Å²) in [5, 5.41) is 0. The molecule has 0 aliphatic carbocycles. The molecule has 0 saturated carbocycles. The molecule has 1 amide bonds. The van der Waals surface area contributed by atoms with E-state index in [2.05, 4.69) is 32.9 Å². The predicted molar refractivity (Wildman–Crippen MR) is 85.9 cm³/mol. The van der Waals surface area contributed by atoms with Crippen molar-refractivity contribution in [1.29, 1.82) is 0 Å². The van der Waals surface area contributed by atoms with E-state index in [0.717, 1.165) is 24.3 Å². The number of fused-ring (bicyclic) bond motifs is 1. The van der Waals surface area contributed by atoms with Crippen LogP contribution in [0.25, 0.3) is 0 Å². The Morgan fingerprint density at radius 2 is 2.00 bits per heavy atom. The van der Waals surface area contributed by atoms with E-state index in [4.69, 9.17) is 10.5 Å². The van der Waals surface area contributed by atoms with E-state index in [-0.39, 0.29) is 11.3 Å². The Hall–Kier alpha value is -1.55. The number of hydrogen-bond donors (Lipinski definition) is 1. The van der Waals surface area contributed by atoms with Crippen LogP contribution in [0.5, 0.6) is 5.75 Å². The second-order valence-electron chi connectivity index (χ2n) is 6.68.